The Kier molecular flexibility index (Phi) is 8.43. The molecule has 0 bridgehead atoms. The molecule has 182 valence electrons. The largest absolute Gasteiger partial charge is 0.454 e. The monoisotopic (exact) mass is 483 g/mol. The predicted octanol–water partition coefficient (Wildman–Crippen LogP) is 6.65. The van der Waals surface area contributed by atoms with E-state index in [1.54, 1.807) is 4.68 Å². The summed E-state index contributed by atoms with van der Waals surface area (Å²) in [6.45, 7) is 10.4. The number of aromatic nitrogens is 2. The fourth-order valence-corrected chi connectivity index (χ4v) is 4.47. The zero-order chi connectivity index (χ0) is 24.9. The molecule has 0 spiro atoms. The quantitative estimate of drug-likeness (QED) is 0.190. The van der Waals surface area contributed by atoms with Crippen molar-refractivity contribution in [1.82, 2.24) is 9.78 Å². The van der Waals surface area contributed by atoms with E-state index >= 15 is 0 Å². The van der Waals surface area contributed by atoms with Crippen LogP contribution in [0.5, 0.6) is 0 Å². The molecule has 0 unspecified atom stereocenters. The molecule has 1 aromatic carbocycles. The van der Waals surface area contributed by atoms with E-state index in [0.717, 1.165) is 37.7 Å². The van der Waals surface area contributed by atoms with Gasteiger partial charge in [0, 0.05) is 6.54 Å². The summed E-state index contributed by atoms with van der Waals surface area (Å²) < 4.78 is 13.2. The highest BCUT2D eigenvalue weighted by atomic mass is 35.5. The Labute approximate surface area is 207 Å². The predicted molar refractivity (Wildman–Crippen MR) is 134 cm³/mol. The number of carbonyl (C=O) groups is 1. The van der Waals surface area contributed by atoms with Crippen LogP contribution in [0.4, 0.5) is 0 Å². The minimum atomic E-state index is -0.291. The topological polar surface area (TPSA) is 77.1 Å². The van der Waals surface area contributed by atoms with Gasteiger partial charge < -0.3 is 9.47 Å². The highest BCUT2D eigenvalue weighted by Gasteiger charge is 2.26. The lowest BCUT2D eigenvalue weighted by atomic mass is 9.86. The molecule has 1 saturated carbocycles. The number of allylic oxidation sites excluding steroid dienone is 1. The third-order valence-corrected chi connectivity index (χ3v) is 6.74. The van der Waals surface area contributed by atoms with Gasteiger partial charge in [-0.05, 0) is 43.2 Å². The minimum absolute atomic E-state index is 0.0110. The minimum Gasteiger partial charge on any atom is -0.454 e. The van der Waals surface area contributed by atoms with Crippen LogP contribution in [0, 0.1) is 24.2 Å². The number of hydrogen-bond donors (Lipinski definition) is 0. The molecule has 0 amide bonds. The van der Waals surface area contributed by atoms with Crippen molar-refractivity contribution >= 4 is 28.9 Å². The van der Waals surface area contributed by atoms with Crippen molar-refractivity contribution in [3.63, 3.8) is 0 Å². The summed E-state index contributed by atoms with van der Waals surface area (Å²) in [5.74, 6) is -0.0783. The third-order valence-electron chi connectivity index (χ3n) is 6.29. The van der Waals surface area contributed by atoms with Crippen molar-refractivity contribution in [3.8, 4) is 6.07 Å². The van der Waals surface area contributed by atoms with Gasteiger partial charge in [0.1, 0.15) is 17.3 Å². The van der Waals surface area contributed by atoms with Gasteiger partial charge in [-0.15, -0.1) is 0 Å². The molecular weight excluding hydrogens is 450 g/mol. The van der Waals surface area contributed by atoms with E-state index in [4.69, 9.17) is 21.1 Å². The van der Waals surface area contributed by atoms with Crippen molar-refractivity contribution in [2.45, 2.75) is 78.7 Å². The fraction of sp³-hybridized carbons (Fsp3) is 0.519. The summed E-state index contributed by atoms with van der Waals surface area (Å²) in [4.78, 5) is 12.5. The van der Waals surface area contributed by atoms with Gasteiger partial charge in [0.05, 0.1) is 16.6 Å². The van der Waals surface area contributed by atoms with Crippen LogP contribution < -0.4 is 0 Å². The number of ether oxygens (including phenoxy) is 2. The first-order valence-corrected chi connectivity index (χ1v) is 12.3. The lowest BCUT2D eigenvalue weighted by Crippen LogP contribution is -2.21. The summed E-state index contributed by atoms with van der Waals surface area (Å²) in [5.41, 5.74) is 3.30. The number of nitriles is 1. The van der Waals surface area contributed by atoms with Crippen LogP contribution in [0.3, 0.4) is 0 Å². The molecule has 1 aromatic heterocycles. The molecule has 1 aliphatic rings. The Morgan fingerprint density at radius 1 is 1.18 bits per heavy atom. The second-order valence-corrected chi connectivity index (χ2v) is 10.1. The van der Waals surface area contributed by atoms with Crippen LogP contribution in [-0.4, -0.2) is 22.5 Å². The maximum absolute atomic E-state index is 12.5. The molecule has 0 atom stereocenters. The van der Waals surface area contributed by atoms with E-state index in [-0.39, 0.29) is 29.9 Å². The number of halogens is 1. The maximum Gasteiger partial charge on any atom is 0.311 e. The molecular formula is C27H34ClN3O3. The van der Waals surface area contributed by atoms with Crippen LogP contribution in [0.15, 0.2) is 24.3 Å². The van der Waals surface area contributed by atoms with E-state index in [1.165, 1.54) is 0 Å². The van der Waals surface area contributed by atoms with E-state index in [9.17, 15) is 10.1 Å². The van der Waals surface area contributed by atoms with Crippen LogP contribution >= 0.6 is 11.6 Å². The number of carbonyl (C=O) groups excluding carboxylic acids is 1. The highest BCUT2D eigenvalue weighted by molar-refractivity contribution is 6.33. The summed E-state index contributed by atoms with van der Waals surface area (Å²) in [5, 5.41) is 15.0. The van der Waals surface area contributed by atoms with Crippen molar-refractivity contribution in [2.75, 3.05) is 6.79 Å². The molecule has 3 rings (SSSR count). The molecule has 6 nitrogen and oxygen atoms in total. The van der Waals surface area contributed by atoms with Crippen molar-refractivity contribution in [3.05, 3.63) is 51.8 Å². The lowest BCUT2D eigenvalue weighted by molar-refractivity contribution is -0.157. The maximum atomic E-state index is 12.5. The number of nitrogens with zero attached hydrogens (tertiary/aromatic N) is 3. The molecule has 0 N–H and O–H groups in total. The van der Waals surface area contributed by atoms with Crippen molar-refractivity contribution in [1.29, 1.82) is 5.26 Å². The van der Waals surface area contributed by atoms with E-state index in [2.05, 4.69) is 31.9 Å². The van der Waals surface area contributed by atoms with Crippen molar-refractivity contribution < 1.29 is 14.3 Å². The van der Waals surface area contributed by atoms with Gasteiger partial charge in [-0.1, -0.05) is 75.9 Å². The fourth-order valence-electron chi connectivity index (χ4n) is 4.25. The van der Waals surface area contributed by atoms with Gasteiger partial charge in [0.2, 0.25) is 6.79 Å². The molecule has 1 aliphatic carbocycles. The van der Waals surface area contributed by atoms with Crippen LogP contribution in [0.25, 0.3) is 11.3 Å². The standard InChI is InChI=1S/C27H34ClN3O3/c1-6-31-24(23(28)18(2)30-31)25(33-17-34-26(32)20-10-8-7-9-11-20)22(16-29)19-12-14-21(15-13-19)27(3,4)5/h12-15,20H,6-11,17H2,1-5H3/b25-22-. The number of aryl methyl sites for hydroxylation is 2. The second-order valence-electron chi connectivity index (χ2n) is 9.77. The summed E-state index contributed by atoms with van der Waals surface area (Å²) >= 11 is 6.61. The zero-order valence-electron chi connectivity index (χ0n) is 20.8. The molecule has 1 heterocycles. The van der Waals surface area contributed by atoms with Gasteiger partial charge in [-0.3, -0.25) is 9.48 Å². The Bertz CT molecular complexity index is 1080. The summed E-state index contributed by atoms with van der Waals surface area (Å²) in [6, 6.07) is 10.1. The average Bonchev–Trinajstić information content (AvgIpc) is 3.12. The Morgan fingerprint density at radius 3 is 2.38 bits per heavy atom. The van der Waals surface area contributed by atoms with Gasteiger partial charge in [0.25, 0.3) is 0 Å². The molecule has 1 fully saturated rings. The Morgan fingerprint density at radius 2 is 1.82 bits per heavy atom. The molecule has 0 saturated heterocycles. The van der Waals surface area contributed by atoms with Gasteiger partial charge in [0.15, 0.2) is 5.76 Å². The molecule has 2 aromatic rings. The normalized spacial score (nSPS) is 15.4. The zero-order valence-corrected chi connectivity index (χ0v) is 21.5. The van der Waals surface area contributed by atoms with Crippen LogP contribution in [-0.2, 0) is 26.2 Å². The van der Waals surface area contributed by atoms with Gasteiger partial charge in [-0.2, -0.15) is 10.4 Å². The average molecular weight is 484 g/mol. The van der Waals surface area contributed by atoms with E-state index in [0.29, 0.717) is 34.1 Å². The summed E-state index contributed by atoms with van der Waals surface area (Å²) in [7, 11) is 0. The van der Waals surface area contributed by atoms with Crippen LogP contribution in [0.2, 0.25) is 5.02 Å². The third kappa shape index (κ3) is 5.82. The molecule has 7 heteroatoms. The first-order valence-electron chi connectivity index (χ1n) is 11.9. The van der Waals surface area contributed by atoms with Crippen LogP contribution in [0.1, 0.15) is 82.3 Å². The molecule has 0 radical (unpaired) electrons. The summed E-state index contributed by atoms with van der Waals surface area (Å²) in [6.07, 6.45) is 4.93. The SMILES string of the molecule is CCn1nc(C)c(Cl)c1/C(OCOC(=O)C1CCCCC1)=C(\C#N)c1ccc(C(C)(C)C)cc1. The van der Waals surface area contributed by atoms with Gasteiger partial charge >= 0.3 is 5.97 Å². The lowest BCUT2D eigenvalue weighted by Gasteiger charge is -2.21. The Balaban J connectivity index is 1.97. The Hall–Kier alpha value is -2.78. The number of rotatable bonds is 7. The number of esters is 1. The second kappa shape index (κ2) is 11.1. The van der Waals surface area contributed by atoms with E-state index < -0.39 is 0 Å². The molecule has 0 aliphatic heterocycles. The number of hydrogen-bond acceptors (Lipinski definition) is 5. The number of benzene rings is 1. The van der Waals surface area contributed by atoms with E-state index in [1.807, 2.05) is 38.1 Å². The van der Waals surface area contributed by atoms with Gasteiger partial charge in [-0.25, -0.2) is 0 Å². The first kappa shape index (κ1) is 25.8. The highest BCUT2D eigenvalue weighted by Crippen LogP contribution is 2.34. The first-order chi connectivity index (χ1) is 16.2. The van der Waals surface area contributed by atoms with Crippen molar-refractivity contribution in [2.24, 2.45) is 5.92 Å². The molecule has 34 heavy (non-hydrogen) atoms. The smallest absolute Gasteiger partial charge is 0.311 e.